The average Bonchev–Trinajstić information content (AvgIpc) is 3.03. The standard InChI is InChI=1S/C15H10N4O3.ClH/c16-7-1-2-8-9(5-7)10(6-11(20)21)13-12(8)18-15(22)14-17-3-4-19(13)14;/h1-6H,16H2,(H,18,22)(H,20,21);1H/b10-6+;. The van der Waals surface area contributed by atoms with Crippen molar-refractivity contribution < 1.29 is 9.90 Å². The van der Waals surface area contributed by atoms with E-state index in [2.05, 4.69) is 9.97 Å². The van der Waals surface area contributed by atoms with E-state index in [9.17, 15) is 9.59 Å². The van der Waals surface area contributed by atoms with Crippen LogP contribution in [0.4, 0.5) is 5.69 Å². The molecule has 2 aromatic carbocycles. The molecule has 4 aromatic rings. The number of hydrogen-bond acceptors (Lipinski definition) is 4. The predicted molar refractivity (Wildman–Crippen MR) is 89.8 cm³/mol. The van der Waals surface area contributed by atoms with Crippen molar-refractivity contribution in [2.75, 3.05) is 5.73 Å². The molecule has 2 heterocycles. The highest BCUT2D eigenvalue weighted by atomic mass is 35.5. The second-order valence-electron chi connectivity index (χ2n) is 5.00. The van der Waals surface area contributed by atoms with Crippen LogP contribution in [0.25, 0.3) is 33.5 Å². The van der Waals surface area contributed by atoms with Gasteiger partial charge in [-0.05, 0) is 17.5 Å². The van der Waals surface area contributed by atoms with Gasteiger partial charge >= 0.3 is 5.97 Å². The lowest BCUT2D eigenvalue weighted by Crippen LogP contribution is -2.13. The number of H-pyrrole nitrogens is 1. The van der Waals surface area contributed by atoms with Gasteiger partial charge in [-0.2, -0.15) is 0 Å². The third-order valence-corrected chi connectivity index (χ3v) is 3.69. The summed E-state index contributed by atoms with van der Waals surface area (Å²) in [7, 11) is 0. The van der Waals surface area contributed by atoms with Crippen LogP contribution >= 0.6 is 12.4 Å². The molecule has 4 rings (SSSR count). The Balaban J connectivity index is 0.00000156. The summed E-state index contributed by atoms with van der Waals surface area (Å²) in [6, 6.07) is 5.18. The molecule has 0 saturated carbocycles. The smallest absolute Gasteiger partial charge is 0.329 e. The van der Waals surface area contributed by atoms with Crippen LogP contribution in [0.15, 0.2) is 35.4 Å². The Hall–Kier alpha value is -3.06. The molecule has 7 nitrogen and oxygen atoms in total. The molecule has 0 atom stereocenters. The Labute approximate surface area is 134 Å². The maximum absolute atomic E-state index is 12.1. The van der Waals surface area contributed by atoms with Crippen LogP contribution in [0.3, 0.4) is 0 Å². The molecular formula is C15H11ClN4O3. The average molecular weight is 331 g/mol. The molecule has 4 N–H and O–H groups in total. The van der Waals surface area contributed by atoms with Crippen molar-refractivity contribution in [3.05, 3.63) is 46.2 Å². The number of carboxylic acid groups (broad SMARTS) is 1. The van der Waals surface area contributed by atoms with Crippen LogP contribution in [0.5, 0.6) is 0 Å². The molecule has 2 aromatic heterocycles. The molecule has 8 heteroatoms. The number of nitrogens with two attached hydrogens (primary N) is 1. The minimum absolute atomic E-state index is 0. The van der Waals surface area contributed by atoms with E-state index in [1.165, 1.54) is 6.20 Å². The number of nitrogen functional groups attached to an aromatic ring is 1. The van der Waals surface area contributed by atoms with Gasteiger partial charge in [0.05, 0.1) is 11.0 Å². The van der Waals surface area contributed by atoms with E-state index in [1.807, 2.05) is 0 Å². The number of fused-ring (bicyclic) bond motifs is 5. The maximum atomic E-state index is 12.1. The topological polar surface area (TPSA) is 113 Å². The second kappa shape index (κ2) is 4.99. The van der Waals surface area contributed by atoms with E-state index < -0.39 is 5.97 Å². The summed E-state index contributed by atoms with van der Waals surface area (Å²) in [4.78, 5) is 30.1. The monoisotopic (exact) mass is 330 g/mol. The second-order valence-corrected chi connectivity index (χ2v) is 5.00. The van der Waals surface area contributed by atoms with Crippen LogP contribution in [0.2, 0.25) is 0 Å². The summed E-state index contributed by atoms with van der Waals surface area (Å²) in [6.45, 7) is 0. The summed E-state index contributed by atoms with van der Waals surface area (Å²) < 4.78 is 1.60. The number of carboxylic acids is 1. The number of hydrogen-bond donors (Lipinski definition) is 3. The van der Waals surface area contributed by atoms with Crippen molar-refractivity contribution >= 4 is 57.6 Å². The van der Waals surface area contributed by atoms with Crippen molar-refractivity contribution in [2.24, 2.45) is 0 Å². The van der Waals surface area contributed by atoms with Crippen molar-refractivity contribution in [3.8, 4) is 0 Å². The molecule has 0 spiro atoms. The van der Waals surface area contributed by atoms with Crippen LogP contribution in [-0.4, -0.2) is 25.4 Å². The summed E-state index contributed by atoms with van der Waals surface area (Å²) >= 11 is 0. The first kappa shape index (κ1) is 14.9. The van der Waals surface area contributed by atoms with Gasteiger partial charge in [0.1, 0.15) is 0 Å². The van der Waals surface area contributed by atoms with Gasteiger partial charge in [0.15, 0.2) is 0 Å². The number of benzene rings is 1. The summed E-state index contributed by atoms with van der Waals surface area (Å²) in [6.07, 6.45) is 4.25. The van der Waals surface area contributed by atoms with Gasteiger partial charge in [-0.1, -0.05) is 6.07 Å². The summed E-state index contributed by atoms with van der Waals surface area (Å²) in [5.41, 5.74) is 7.38. The minimum Gasteiger partial charge on any atom is -0.478 e. The number of aromatic nitrogens is 3. The number of aliphatic carboxylic acids is 1. The third kappa shape index (κ3) is 2.01. The van der Waals surface area contributed by atoms with Crippen molar-refractivity contribution in [1.82, 2.24) is 14.4 Å². The fourth-order valence-electron chi connectivity index (χ4n) is 2.86. The fourth-order valence-corrected chi connectivity index (χ4v) is 2.86. The molecular weight excluding hydrogens is 320 g/mol. The van der Waals surface area contributed by atoms with Gasteiger partial charge in [0, 0.05) is 34.8 Å². The van der Waals surface area contributed by atoms with E-state index in [0.29, 0.717) is 27.3 Å². The number of rotatable bonds is 1. The predicted octanol–water partition coefficient (Wildman–Crippen LogP) is 0.917. The first-order valence-electron chi connectivity index (χ1n) is 6.51. The molecule has 0 amide bonds. The van der Waals surface area contributed by atoms with Crippen molar-refractivity contribution in [1.29, 1.82) is 0 Å². The van der Waals surface area contributed by atoms with E-state index in [-0.39, 0.29) is 23.6 Å². The minimum atomic E-state index is -1.07. The Morgan fingerprint density at radius 1 is 1.35 bits per heavy atom. The lowest BCUT2D eigenvalue weighted by Gasteiger charge is -1.97. The number of nitrogens with one attached hydrogen (secondary N) is 1. The van der Waals surface area contributed by atoms with Gasteiger partial charge in [-0.25, -0.2) is 9.78 Å². The third-order valence-electron chi connectivity index (χ3n) is 3.69. The molecule has 0 saturated heterocycles. The first-order chi connectivity index (χ1) is 10.6. The van der Waals surface area contributed by atoms with Crippen molar-refractivity contribution in [3.63, 3.8) is 0 Å². The highest BCUT2D eigenvalue weighted by Gasteiger charge is 2.14. The quantitative estimate of drug-likeness (QED) is 0.449. The molecule has 0 aliphatic rings. The molecule has 0 bridgehead atoms. The zero-order valence-corrected chi connectivity index (χ0v) is 12.4. The Bertz CT molecular complexity index is 1190. The number of imidazole rings is 1. The normalized spacial score (nSPS) is 12.1. The number of nitrogens with zero attached hydrogens (tertiary/aromatic N) is 2. The van der Waals surface area contributed by atoms with Gasteiger partial charge in [0.25, 0.3) is 5.56 Å². The number of halogens is 1. The van der Waals surface area contributed by atoms with Crippen LogP contribution in [0.1, 0.15) is 0 Å². The van der Waals surface area contributed by atoms with E-state index in [4.69, 9.17) is 10.8 Å². The van der Waals surface area contributed by atoms with Crippen molar-refractivity contribution in [2.45, 2.75) is 0 Å². The highest BCUT2D eigenvalue weighted by Crippen LogP contribution is 2.23. The van der Waals surface area contributed by atoms with Gasteiger partial charge in [-0.15, -0.1) is 12.4 Å². The number of aromatic amines is 1. The molecule has 0 unspecified atom stereocenters. The SMILES string of the molecule is Cl.Nc1ccc2c(c1)/c(=C\C(=O)O)c1c2[nH]c(=O)c2nccn21. The Morgan fingerprint density at radius 2 is 2.13 bits per heavy atom. The van der Waals surface area contributed by atoms with Crippen LogP contribution in [0, 0.1) is 0 Å². The molecule has 0 aliphatic carbocycles. The molecule has 0 fully saturated rings. The zero-order valence-electron chi connectivity index (χ0n) is 11.6. The summed E-state index contributed by atoms with van der Waals surface area (Å²) in [5.74, 6) is -1.07. The van der Waals surface area contributed by atoms with E-state index >= 15 is 0 Å². The lowest BCUT2D eigenvalue weighted by atomic mass is 10.2. The molecule has 23 heavy (non-hydrogen) atoms. The van der Waals surface area contributed by atoms with Crippen LogP contribution < -0.4 is 16.5 Å². The fraction of sp³-hybridized carbons (Fsp3) is 0. The molecule has 0 aliphatic heterocycles. The molecule has 0 radical (unpaired) electrons. The first-order valence-corrected chi connectivity index (χ1v) is 6.51. The highest BCUT2D eigenvalue weighted by molar-refractivity contribution is 6.14. The van der Waals surface area contributed by atoms with Gasteiger partial charge < -0.3 is 15.8 Å². The van der Waals surface area contributed by atoms with E-state index in [1.54, 1.807) is 28.8 Å². The number of carbonyl (C=O) groups is 1. The molecule has 116 valence electrons. The van der Waals surface area contributed by atoms with Gasteiger partial charge in [0.2, 0.25) is 5.65 Å². The van der Waals surface area contributed by atoms with Gasteiger partial charge in [-0.3, -0.25) is 9.20 Å². The largest absolute Gasteiger partial charge is 0.478 e. The zero-order chi connectivity index (χ0) is 15.4. The maximum Gasteiger partial charge on any atom is 0.329 e. The Morgan fingerprint density at radius 3 is 2.87 bits per heavy atom. The lowest BCUT2D eigenvalue weighted by molar-refractivity contribution is -0.129. The van der Waals surface area contributed by atoms with Crippen LogP contribution in [-0.2, 0) is 4.79 Å². The summed E-state index contributed by atoms with van der Waals surface area (Å²) in [5, 5.41) is 11.1. The Kier molecular flexibility index (Phi) is 3.23. The number of anilines is 1. The van der Waals surface area contributed by atoms with E-state index in [0.717, 1.165) is 11.5 Å².